The van der Waals surface area contributed by atoms with Crippen molar-refractivity contribution < 1.29 is 5.11 Å². The van der Waals surface area contributed by atoms with Crippen molar-refractivity contribution in [1.82, 2.24) is 0 Å². The Balaban J connectivity index is 2.59. The Morgan fingerprint density at radius 2 is 1.83 bits per heavy atom. The molecular weight excluding hydrogens is 148 g/mol. The van der Waals surface area contributed by atoms with Gasteiger partial charge in [0.1, 0.15) is 0 Å². The van der Waals surface area contributed by atoms with E-state index in [9.17, 15) is 5.11 Å². The second-order valence-electron chi connectivity index (χ2n) is 4.24. The molecule has 0 radical (unpaired) electrons. The van der Waals surface area contributed by atoms with Crippen molar-refractivity contribution in [2.45, 2.75) is 58.0 Å². The van der Waals surface area contributed by atoms with Crippen molar-refractivity contribution in [3.63, 3.8) is 0 Å². The molecule has 70 valence electrons. The molecule has 1 aliphatic carbocycles. The van der Waals surface area contributed by atoms with Crippen LogP contribution in [0.15, 0.2) is 11.6 Å². The first-order chi connectivity index (χ1) is 5.61. The van der Waals surface area contributed by atoms with Crippen LogP contribution in [-0.2, 0) is 0 Å². The Bertz CT molecular complexity index is 162. The number of hydrogen-bond acceptors (Lipinski definition) is 1. The van der Waals surface area contributed by atoms with E-state index in [-0.39, 0.29) is 0 Å². The van der Waals surface area contributed by atoms with Crippen LogP contribution in [0.2, 0.25) is 0 Å². The summed E-state index contributed by atoms with van der Waals surface area (Å²) in [6, 6.07) is 0. The largest absolute Gasteiger partial charge is 0.386 e. The van der Waals surface area contributed by atoms with Crippen LogP contribution in [-0.4, -0.2) is 10.7 Å². The molecule has 0 heterocycles. The van der Waals surface area contributed by atoms with Gasteiger partial charge in [0.05, 0.1) is 5.60 Å². The molecule has 0 aliphatic heterocycles. The Morgan fingerprint density at radius 3 is 2.50 bits per heavy atom. The Labute approximate surface area is 75.5 Å². The number of aliphatic hydroxyl groups is 1. The van der Waals surface area contributed by atoms with Crippen LogP contribution in [0.1, 0.15) is 52.4 Å². The molecule has 0 amide bonds. The summed E-state index contributed by atoms with van der Waals surface area (Å²) in [5.41, 5.74) is 0.652. The topological polar surface area (TPSA) is 20.2 Å². The minimum atomic E-state index is -0.586. The van der Waals surface area contributed by atoms with Crippen molar-refractivity contribution in [2.24, 2.45) is 0 Å². The molecule has 1 heteroatoms. The van der Waals surface area contributed by atoms with Gasteiger partial charge in [-0.3, -0.25) is 0 Å². The molecule has 0 unspecified atom stereocenters. The quantitative estimate of drug-likeness (QED) is 0.597. The molecular formula is C11H20O. The van der Waals surface area contributed by atoms with Crippen molar-refractivity contribution in [3.05, 3.63) is 11.6 Å². The maximum Gasteiger partial charge on any atom is 0.0800 e. The van der Waals surface area contributed by atoms with Crippen LogP contribution < -0.4 is 0 Å². The Kier molecular flexibility index (Phi) is 3.33. The van der Waals surface area contributed by atoms with E-state index in [1.165, 1.54) is 31.3 Å². The van der Waals surface area contributed by atoms with Crippen LogP contribution in [0.25, 0.3) is 0 Å². The lowest BCUT2D eigenvalue weighted by Crippen LogP contribution is -2.22. The smallest absolute Gasteiger partial charge is 0.0800 e. The van der Waals surface area contributed by atoms with E-state index >= 15 is 0 Å². The number of hydrogen-bond donors (Lipinski definition) is 1. The molecule has 0 bridgehead atoms. The second-order valence-corrected chi connectivity index (χ2v) is 4.24. The fourth-order valence-electron chi connectivity index (χ4n) is 1.75. The minimum Gasteiger partial charge on any atom is -0.386 e. The summed E-state index contributed by atoms with van der Waals surface area (Å²) in [6.45, 7) is 3.78. The fraction of sp³-hybridized carbons (Fsp3) is 0.818. The summed E-state index contributed by atoms with van der Waals surface area (Å²) in [6.07, 6.45) is 9.69. The van der Waals surface area contributed by atoms with E-state index < -0.39 is 5.60 Å². The zero-order valence-corrected chi connectivity index (χ0v) is 8.27. The summed E-state index contributed by atoms with van der Waals surface area (Å²) >= 11 is 0. The van der Waals surface area contributed by atoms with Crippen LogP contribution in [0.4, 0.5) is 0 Å². The standard InChI is InChI=1S/C11H20O/c1-11(2,12)10-8-6-4-3-5-7-9-10/h8,12H,3-7,9H2,1-2H3. The minimum absolute atomic E-state index is 0.586. The van der Waals surface area contributed by atoms with Gasteiger partial charge in [-0.1, -0.05) is 18.9 Å². The fourth-order valence-corrected chi connectivity index (χ4v) is 1.75. The Morgan fingerprint density at radius 1 is 1.17 bits per heavy atom. The Hall–Kier alpha value is -0.300. The van der Waals surface area contributed by atoms with Crippen molar-refractivity contribution >= 4 is 0 Å². The van der Waals surface area contributed by atoms with Gasteiger partial charge in [-0.05, 0) is 45.1 Å². The van der Waals surface area contributed by atoms with Crippen molar-refractivity contribution in [1.29, 1.82) is 0 Å². The molecule has 1 rings (SSSR count). The molecule has 0 saturated carbocycles. The summed E-state index contributed by atoms with van der Waals surface area (Å²) in [5.74, 6) is 0. The first-order valence-corrected chi connectivity index (χ1v) is 5.02. The van der Waals surface area contributed by atoms with E-state index in [0.29, 0.717) is 0 Å². The summed E-state index contributed by atoms with van der Waals surface area (Å²) < 4.78 is 0. The molecule has 0 saturated heterocycles. The van der Waals surface area contributed by atoms with E-state index in [0.717, 1.165) is 12.8 Å². The highest BCUT2D eigenvalue weighted by Gasteiger charge is 2.18. The number of allylic oxidation sites excluding steroid dienone is 1. The normalized spacial score (nSPS) is 21.1. The van der Waals surface area contributed by atoms with Gasteiger partial charge in [0.2, 0.25) is 0 Å². The van der Waals surface area contributed by atoms with Crippen molar-refractivity contribution in [2.75, 3.05) is 0 Å². The molecule has 0 fully saturated rings. The molecule has 0 aromatic rings. The maximum absolute atomic E-state index is 9.79. The van der Waals surface area contributed by atoms with Gasteiger partial charge in [-0.25, -0.2) is 0 Å². The van der Waals surface area contributed by atoms with Gasteiger partial charge in [0.15, 0.2) is 0 Å². The highest BCUT2D eigenvalue weighted by atomic mass is 16.3. The van der Waals surface area contributed by atoms with E-state index in [4.69, 9.17) is 0 Å². The lowest BCUT2D eigenvalue weighted by molar-refractivity contribution is 0.114. The third-order valence-corrected chi connectivity index (χ3v) is 2.58. The molecule has 0 aromatic heterocycles. The molecule has 12 heavy (non-hydrogen) atoms. The van der Waals surface area contributed by atoms with Gasteiger partial charge in [-0.15, -0.1) is 0 Å². The van der Waals surface area contributed by atoms with Gasteiger partial charge in [0.25, 0.3) is 0 Å². The van der Waals surface area contributed by atoms with E-state index in [1.54, 1.807) is 0 Å². The maximum atomic E-state index is 9.79. The third-order valence-electron chi connectivity index (χ3n) is 2.58. The highest BCUT2D eigenvalue weighted by Crippen LogP contribution is 2.25. The van der Waals surface area contributed by atoms with E-state index in [2.05, 4.69) is 6.08 Å². The SMILES string of the molecule is CC(C)(O)C1=CCCCCCC1. The molecule has 1 aliphatic rings. The zero-order chi connectivity index (χ0) is 9.03. The van der Waals surface area contributed by atoms with E-state index in [1.807, 2.05) is 13.8 Å². The van der Waals surface area contributed by atoms with Gasteiger partial charge in [-0.2, -0.15) is 0 Å². The van der Waals surface area contributed by atoms with Crippen LogP contribution in [0.5, 0.6) is 0 Å². The second kappa shape index (κ2) is 4.08. The van der Waals surface area contributed by atoms with Crippen LogP contribution in [0.3, 0.4) is 0 Å². The van der Waals surface area contributed by atoms with Crippen molar-refractivity contribution in [3.8, 4) is 0 Å². The third kappa shape index (κ3) is 2.98. The molecule has 0 spiro atoms. The van der Waals surface area contributed by atoms with Crippen LogP contribution >= 0.6 is 0 Å². The molecule has 0 aromatic carbocycles. The average Bonchev–Trinajstić information content (AvgIpc) is 1.81. The lowest BCUT2D eigenvalue weighted by atomic mass is 9.89. The first-order valence-electron chi connectivity index (χ1n) is 5.02. The number of rotatable bonds is 1. The van der Waals surface area contributed by atoms with Gasteiger partial charge < -0.3 is 5.11 Å². The summed E-state index contributed by atoms with van der Waals surface area (Å²) in [4.78, 5) is 0. The van der Waals surface area contributed by atoms with Gasteiger partial charge >= 0.3 is 0 Å². The predicted molar refractivity (Wildman–Crippen MR) is 52.1 cm³/mol. The predicted octanol–water partition coefficient (Wildman–Crippen LogP) is 3.04. The highest BCUT2D eigenvalue weighted by molar-refractivity contribution is 5.13. The van der Waals surface area contributed by atoms with Gasteiger partial charge in [0, 0.05) is 0 Å². The average molecular weight is 168 g/mol. The summed E-state index contributed by atoms with van der Waals surface area (Å²) in [5, 5.41) is 9.79. The monoisotopic (exact) mass is 168 g/mol. The summed E-state index contributed by atoms with van der Waals surface area (Å²) in [7, 11) is 0. The first kappa shape index (κ1) is 9.79. The molecule has 1 nitrogen and oxygen atoms in total. The molecule has 1 N–H and O–H groups in total. The lowest BCUT2D eigenvalue weighted by Gasteiger charge is -2.23. The van der Waals surface area contributed by atoms with Crippen LogP contribution in [0, 0.1) is 0 Å². The zero-order valence-electron chi connectivity index (χ0n) is 8.27. The molecule has 0 atom stereocenters.